The Morgan fingerprint density at radius 2 is 0.598 bits per heavy atom. The Morgan fingerprint density at radius 3 is 0.897 bits per heavy atom. The van der Waals surface area contributed by atoms with E-state index in [0.29, 0.717) is 6.42 Å². The van der Waals surface area contributed by atoms with Gasteiger partial charge < -0.3 is 20.1 Å². The first-order chi connectivity index (χ1) is 42.8. The van der Waals surface area contributed by atoms with Gasteiger partial charge in [-0.05, 0) is 77.0 Å². The van der Waals surface area contributed by atoms with Crippen molar-refractivity contribution >= 4 is 19.8 Å². The summed E-state index contributed by atoms with van der Waals surface area (Å²) in [4.78, 5) is 35.4. The van der Waals surface area contributed by atoms with Crippen molar-refractivity contribution in [2.45, 2.75) is 405 Å². The molecule has 0 aromatic carbocycles. The van der Waals surface area contributed by atoms with Gasteiger partial charge in [0.2, 0.25) is 0 Å². The van der Waals surface area contributed by atoms with Crippen LogP contribution in [0.1, 0.15) is 399 Å². The number of carbonyl (C=O) groups is 2. The third-order valence-electron chi connectivity index (χ3n) is 17.2. The van der Waals surface area contributed by atoms with Gasteiger partial charge in [0, 0.05) is 19.4 Å². The number of phosphoric acid groups is 1. The number of phosphoric ester groups is 1. The standard InChI is InChI=1S/C77H146NO8P/c1-3-5-7-9-11-13-15-17-19-21-23-25-27-29-31-33-35-36-37-38-40-41-43-45-47-49-51-53-55-57-59-61-63-65-67-69-76(79)83-73-75(74-85-87(81,82)84-72-71-78)86-77(80)70-68-66-64-62-60-58-56-54-52-50-48-46-44-42-39-34-32-30-28-26-24-22-20-18-16-14-12-10-8-6-4-2/h16,18,21-24,28,30,75H,3-15,17,19-20,25-27,29,31-74,78H2,1-2H3,(H,81,82)/b18-16-,23-21-,24-22-,30-28-. The predicted octanol–water partition coefficient (Wildman–Crippen LogP) is 25.2. The second kappa shape index (κ2) is 73.0. The molecule has 0 radical (unpaired) electrons. The van der Waals surface area contributed by atoms with Crippen molar-refractivity contribution in [1.29, 1.82) is 0 Å². The average molecular weight is 1240 g/mol. The molecule has 0 saturated heterocycles. The zero-order chi connectivity index (χ0) is 63.0. The molecule has 0 aromatic heterocycles. The van der Waals surface area contributed by atoms with Crippen LogP contribution in [0.4, 0.5) is 0 Å². The second-order valence-corrected chi connectivity index (χ2v) is 27.3. The zero-order valence-electron chi connectivity index (χ0n) is 57.8. The monoisotopic (exact) mass is 1240 g/mol. The summed E-state index contributed by atoms with van der Waals surface area (Å²) in [7, 11) is -4.39. The number of rotatable bonds is 73. The fourth-order valence-corrected chi connectivity index (χ4v) is 12.3. The van der Waals surface area contributed by atoms with Crippen LogP contribution in [0.5, 0.6) is 0 Å². The molecule has 512 valence electrons. The molecule has 0 aliphatic rings. The minimum absolute atomic E-state index is 0.0551. The van der Waals surface area contributed by atoms with Gasteiger partial charge in [-0.3, -0.25) is 18.6 Å². The van der Waals surface area contributed by atoms with E-state index in [2.05, 4.69) is 62.5 Å². The van der Waals surface area contributed by atoms with Crippen LogP contribution < -0.4 is 5.73 Å². The second-order valence-electron chi connectivity index (χ2n) is 25.9. The van der Waals surface area contributed by atoms with Crippen molar-refractivity contribution in [3.05, 3.63) is 48.6 Å². The lowest BCUT2D eigenvalue weighted by atomic mass is 10.0. The van der Waals surface area contributed by atoms with Crippen molar-refractivity contribution in [1.82, 2.24) is 0 Å². The third-order valence-corrected chi connectivity index (χ3v) is 18.2. The van der Waals surface area contributed by atoms with Gasteiger partial charge in [-0.15, -0.1) is 0 Å². The van der Waals surface area contributed by atoms with Crippen molar-refractivity contribution < 1.29 is 37.6 Å². The number of unbranched alkanes of at least 4 members (excludes halogenated alkanes) is 52. The molecule has 3 N–H and O–H groups in total. The lowest BCUT2D eigenvalue weighted by Gasteiger charge is -2.19. The number of nitrogens with two attached hydrogens (primary N) is 1. The first kappa shape index (κ1) is 85.0. The van der Waals surface area contributed by atoms with Gasteiger partial charge in [-0.2, -0.15) is 0 Å². The van der Waals surface area contributed by atoms with E-state index in [9.17, 15) is 19.0 Å². The van der Waals surface area contributed by atoms with Crippen LogP contribution in [0.15, 0.2) is 48.6 Å². The number of hydrogen-bond acceptors (Lipinski definition) is 8. The first-order valence-corrected chi connectivity index (χ1v) is 39.6. The molecule has 0 aliphatic carbocycles. The van der Waals surface area contributed by atoms with Gasteiger partial charge >= 0.3 is 19.8 Å². The van der Waals surface area contributed by atoms with E-state index in [1.54, 1.807) is 0 Å². The minimum Gasteiger partial charge on any atom is -0.462 e. The van der Waals surface area contributed by atoms with E-state index < -0.39 is 26.5 Å². The normalized spacial score (nSPS) is 13.1. The highest BCUT2D eigenvalue weighted by Gasteiger charge is 2.26. The Hall–Kier alpha value is -2.03. The molecule has 0 bridgehead atoms. The summed E-state index contributed by atoms with van der Waals surface area (Å²) < 4.78 is 33.2. The van der Waals surface area contributed by atoms with Gasteiger partial charge in [0.05, 0.1) is 13.2 Å². The Labute approximate surface area is 540 Å². The quantitative estimate of drug-likeness (QED) is 0.0264. The van der Waals surface area contributed by atoms with Crippen LogP contribution in [0.2, 0.25) is 0 Å². The summed E-state index contributed by atoms with van der Waals surface area (Å²) in [5.74, 6) is -0.806. The SMILES string of the molecule is CCCCCCC/C=C\C/C=C\C/C=C\CCCCCCCCCCCCCCCCCCC(=O)OC(COC(=O)CCCCCCCCCCCCCCCCCCCCCCCCC/C=C\CCCCCCCCCC)COP(=O)(O)OCCN. The first-order valence-electron chi connectivity index (χ1n) is 38.1. The van der Waals surface area contributed by atoms with Gasteiger partial charge in [0.1, 0.15) is 6.61 Å². The molecule has 10 heteroatoms. The highest BCUT2D eigenvalue weighted by molar-refractivity contribution is 7.47. The van der Waals surface area contributed by atoms with E-state index in [4.69, 9.17) is 24.3 Å². The predicted molar refractivity (Wildman–Crippen MR) is 377 cm³/mol. The fraction of sp³-hybridized carbons (Fsp3) is 0.870. The Kier molecular flexibility index (Phi) is 71.3. The molecule has 2 atom stereocenters. The number of carbonyl (C=O) groups excluding carboxylic acids is 2. The largest absolute Gasteiger partial charge is 0.472 e. The third kappa shape index (κ3) is 72.9. The van der Waals surface area contributed by atoms with Crippen LogP contribution in [0.25, 0.3) is 0 Å². The van der Waals surface area contributed by atoms with Crippen molar-refractivity contribution in [2.24, 2.45) is 5.73 Å². The lowest BCUT2D eigenvalue weighted by molar-refractivity contribution is -0.161. The molecule has 0 amide bonds. The van der Waals surface area contributed by atoms with E-state index in [-0.39, 0.29) is 38.6 Å². The van der Waals surface area contributed by atoms with E-state index in [1.165, 1.54) is 321 Å². The van der Waals surface area contributed by atoms with Gasteiger partial charge in [0.15, 0.2) is 6.10 Å². The molecule has 9 nitrogen and oxygen atoms in total. The van der Waals surface area contributed by atoms with Crippen molar-refractivity contribution in [3.8, 4) is 0 Å². The number of hydrogen-bond donors (Lipinski definition) is 2. The summed E-state index contributed by atoms with van der Waals surface area (Å²) in [5, 5.41) is 0. The van der Waals surface area contributed by atoms with Gasteiger partial charge in [-0.25, -0.2) is 4.57 Å². The molecule has 0 saturated carbocycles. The summed E-state index contributed by atoms with van der Waals surface area (Å²) >= 11 is 0. The van der Waals surface area contributed by atoms with E-state index in [0.717, 1.165) is 44.9 Å². The fourth-order valence-electron chi connectivity index (χ4n) is 11.5. The van der Waals surface area contributed by atoms with Crippen LogP contribution in [-0.4, -0.2) is 49.3 Å². The van der Waals surface area contributed by atoms with E-state index in [1.807, 2.05) is 0 Å². The summed E-state index contributed by atoms with van der Waals surface area (Å²) in [6.45, 7) is 3.80. The zero-order valence-corrected chi connectivity index (χ0v) is 58.7. The molecular weight excluding hydrogens is 1100 g/mol. The summed E-state index contributed by atoms with van der Waals surface area (Å²) in [6.07, 6.45) is 93.8. The molecule has 87 heavy (non-hydrogen) atoms. The molecular formula is C77H146NO8P. The molecule has 0 heterocycles. The maximum atomic E-state index is 12.8. The molecule has 0 spiro atoms. The highest BCUT2D eigenvalue weighted by Crippen LogP contribution is 2.43. The molecule has 2 unspecified atom stereocenters. The van der Waals surface area contributed by atoms with Crippen molar-refractivity contribution in [3.63, 3.8) is 0 Å². The molecule has 0 aromatic rings. The average Bonchev–Trinajstić information content (AvgIpc) is 3.66. The number of allylic oxidation sites excluding steroid dienone is 8. The molecule has 0 rings (SSSR count). The maximum Gasteiger partial charge on any atom is 0.472 e. The van der Waals surface area contributed by atoms with Crippen LogP contribution in [-0.2, 0) is 32.7 Å². The van der Waals surface area contributed by atoms with Gasteiger partial charge in [0.25, 0.3) is 0 Å². The number of ether oxygens (including phenoxy) is 2. The Balaban J connectivity index is 3.79. The Morgan fingerprint density at radius 1 is 0.345 bits per heavy atom. The van der Waals surface area contributed by atoms with Crippen molar-refractivity contribution in [2.75, 3.05) is 26.4 Å². The van der Waals surface area contributed by atoms with Crippen LogP contribution in [0.3, 0.4) is 0 Å². The molecule has 0 fully saturated rings. The summed E-state index contributed by atoms with van der Waals surface area (Å²) in [6, 6.07) is 0. The van der Waals surface area contributed by atoms with Crippen LogP contribution >= 0.6 is 7.82 Å². The molecule has 0 aliphatic heterocycles. The minimum atomic E-state index is -4.39. The maximum absolute atomic E-state index is 12.8. The summed E-state index contributed by atoms with van der Waals surface area (Å²) in [5.41, 5.74) is 5.41. The highest BCUT2D eigenvalue weighted by atomic mass is 31.2. The topological polar surface area (TPSA) is 134 Å². The van der Waals surface area contributed by atoms with Gasteiger partial charge in [-0.1, -0.05) is 358 Å². The van der Waals surface area contributed by atoms with Crippen LogP contribution in [0, 0.1) is 0 Å². The van der Waals surface area contributed by atoms with E-state index >= 15 is 0 Å². The number of esters is 2. The smallest absolute Gasteiger partial charge is 0.462 e. The lowest BCUT2D eigenvalue weighted by Crippen LogP contribution is -2.29. The Bertz CT molecular complexity index is 1570.